The Labute approximate surface area is 117 Å². The minimum atomic E-state index is -0.325. The Bertz CT molecular complexity index is 418. The van der Waals surface area contributed by atoms with E-state index in [1.807, 2.05) is 16.5 Å². The molecule has 19 heavy (non-hydrogen) atoms. The maximum Gasteiger partial charge on any atom is 0.253 e. The predicted octanol–water partition coefficient (Wildman–Crippen LogP) is 1.19. The van der Waals surface area contributed by atoms with E-state index >= 15 is 0 Å². The lowest BCUT2D eigenvalue weighted by atomic mass is 10.0. The molecule has 1 aromatic heterocycles. The van der Waals surface area contributed by atoms with Crippen LogP contribution in [0, 0.1) is 0 Å². The molecule has 3 heterocycles. The first-order valence-corrected chi connectivity index (χ1v) is 7.76. The summed E-state index contributed by atoms with van der Waals surface area (Å²) in [7, 11) is 0. The number of ether oxygens (including phenoxy) is 1. The van der Waals surface area contributed by atoms with Crippen molar-refractivity contribution in [3.05, 3.63) is 16.6 Å². The zero-order chi connectivity index (χ0) is 13.1. The highest BCUT2D eigenvalue weighted by Gasteiger charge is 2.34. The van der Waals surface area contributed by atoms with Crippen molar-refractivity contribution in [3.63, 3.8) is 0 Å². The smallest absolute Gasteiger partial charge is 0.253 e. The molecule has 1 N–H and O–H groups in total. The first-order chi connectivity index (χ1) is 9.36. The third-order valence-corrected chi connectivity index (χ3v) is 4.60. The lowest BCUT2D eigenvalue weighted by molar-refractivity contribution is -0.149. The van der Waals surface area contributed by atoms with E-state index in [9.17, 15) is 4.79 Å². The van der Waals surface area contributed by atoms with Crippen LogP contribution < -0.4 is 5.32 Å². The van der Waals surface area contributed by atoms with Gasteiger partial charge in [0.15, 0.2) is 0 Å². The molecule has 1 aromatic rings. The molecule has 104 valence electrons. The number of hydrogen-bond acceptors (Lipinski definition) is 5. The second kappa shape index (κ2) is 5.98. The van der Waals surface area contributed by atoms with E-state index in [1.165, 1.54) is 0 Å². The van der Waals surface area contributed by atoms with E-state index < -0.39 is 0 Å². The van der Waals surface area contributed by atoms with Gasteiger partial charge in [-0.05, 0) is 19.3 Å². The Morgan fingerprint density at radius 3 is 3.21 bits per heavy atom. The molecule has 2 saturated heterocycles. The van der Waals surface area contributed by atoms with Crippen molar-refractivity contribution in [1.29, 1.82) is 0 Å². The molecular formula is C13H19N3O2S. The van der Waals surface area contributed by atoms with Crippen LogP contribution >= 0.6 is 11.3 Å². The number of carbonyl (C=O) groups is 1. The van der Waals surface area contributed by atoms with Crippen LogP contribution in [0.3, 0.4) is 0 Å². The van der Waals surface area contributed by atoms with Gasteiger partial charge in [-0.3, -0.25) is 4.79 Å². The van der Waals surface area contributed by atoms with Gasteiger partial charge in [0.2, 0.25) is 0 Å². The molecule has 0 spiro atoms. The summed E-state index contributed by atoms with van der Waals surface area (Å²) in [5.74, 6) is 0.118. The standard InChI is InChI=1S/C13H19N3O2S/c17-13(11-9-14-4-7-18-11)16-6-2-1-3-10(16)12-15-5-8-19-12/h5,8,10-11,14H,1-4,6-7,9H2. The summed E-state index contributed by atoms with van der Waals surface area (Å²) < 4.78 is 5.59. The third kappa shape index (κ3) is 2.80. The topological polar surface area (TPSA) is 54.5 Å². The minimum absolute atomic E-state index is 0.118. The fraction of sp³-hybridized carbons (Fsp3) is 0.692. The minimum Gasteiger partial charge on any atom is -0.366 e. The van der Waals surface area contributed by atoms with Crippen molar-refractivity contribution in [1.82, 2.24) is 15.2 Å². The molecule has 0 saturated carbocycles. The van der Waals surface area contributed by atoms with Gasteiger partial charge in [0.05, 0.1) is 12.6 Å². The number of carbonyl (C=O) groups excluding carboxylic acids is 1. The second-order valence-corrected chi connectivity index (χ2v) is 5.90. The highest BCUT2D eigenvalue weighted by atomic mass is 32.1. The molecule has 6 heteroatoms. The molecule has 0 aromatic carbocycles. The van der Waals surface area contributed by atoms with Crippen molar-refractivity contribution in [2.45, 2.75) is 31.4 Å². The zero-order valence-corrected chi connectivity index (χ0v) is 11.7. The molecular weight excluding hydrogens is 262 g/mol. The molecule has 2 atom stereocenters. The summed E-state index contributed by atoms with van der Waals surface area (Å²) in [5.41, 5.74) is 0. The number of piperidine rings is 1. The summed E-state index contributed by atoms with van der Waals surface area (Å²) in [6, 6.07) is 0.145. The van der Waals surface area contributed by atoms with Crippen molar-refractivity contribution < 1.29 is 9.53 Å². The number of nitrogens with zero attached hydrogens (tertiary/aromatic N) is 2. The lowest BCUT2D eigenvalue weighted by Gasteiger charge is -2.37. The van der Waals surface area contributed by atoms with Gasteiger partial charge >= 0.3 is 0 Å². The average molecular weight is 281 g/mol. The summed E-state index contributed by atoms with van der Waals surface area (Å²) in [6.45, 7) is 2.90. The van der Waals surface area contributed by atoms with E-state index in [0.717, 1.165) is 37.4 Å². The molecule has 5 nitrogen and oxygen atoms in total. The van der Waals surface area contributed by atoms with Gasteiger partial charge in [0.1, 0.15) is 11.1 Å². The molecule has 0 radical (unpaired) electrons. The number of morpholine rings is 1. The average Bonchev–Trinajstić information content (AvgIpc) is 3.01. The van der Waals surface area contributed by atoms with Gasteiger partial charge in [-0.2, -0.15) is 0 Å². The number of hydrogen-bond donors (Lipinski definition) is 1. The van der Waals surface area contributed by atoms with E-state index in [1.54, 1.807) is 11.3 Å². The van der Waals surface area contributed by atoms with Crippen LogP contribution in [0.15, 0.2) is 11.6 Å². The van der Waals surface area contributed by atoms with Crippen LogP contribution in [0.2, 0.25) is 0 Å². The maximum atomic E-state index is 12.6. The van der Waals surface area contributed by atoms with E-state index in [-0.39, 0.29) is 18.1 Å². The number of aromatic nitrogens is 1. The van der Waals surface area contributed by atoms with E-state index in [0.29, 0.717) is 13.2 Å². The second-order valence-electron chi connectivity index (χ2n) is 4.98. The van der Waals surface area contributed by atoms with Crippen LogP contribution in [-0.2, 0) is 9.53 Å². The number of rotatable bonds is 2. The number of nitrogens with one attached hydrogen (secondary N) is 1. The van der Waals surface area contributed by atoms with Crippen LogP contribution in [0.4, 0.5) is 0 Å². The van der Waals surface area contributed by atoms with Gasteiger partial charge in [0, 0.05) is 31.2 Å². The van der Waals surface area contributed by atoms with Gasteiger partial charge in [-0.15, -0.1) is 11.3 Å². The van der Waals surface area contributed by atoms with Crippen LogP contribution in [0.5, 0.6) is 0 Å². The molecule has 2 aliphatic rings. The Kier molecular flexibility index (Phi) is 4.10. The summed E-state index contributed by atoms with van der Waals surface area (Å²) in [4.78, 5) is 19.0. The normalized spacial score (nSPS) is 28.3. The third-order valence-electron chi connectivity index (χ3n) is 3.73. The molecule has 0 aliphatic carbocycles. The zero-order valence-electron chi connectivity index (χ0n) is 10.9. The summed E-state index contributed by atoms with van der Waals surface area (Å²) in [6.07, 6.45) is 4.75. The largest absolute Gasteiger partial charge is 0.366 e. The van der Waals surface area contributed by atoms with Crippen LogP contribution in [0.25, 0.3) is 0 Å². The van der Waals surface area contributed by atoms with E-state index in [4.69, 9.17) is 4.74 Å². The SMILES string of the molecule is O=C(C1CNCCO1)N1CCCCC1c1nccs1. The Morgan fingerprint density at radius 1 is 1.53 bits per heavy atom. The molecule has 3 rings (SSSR count). The van der Waals surface area contributed by atoms with Crippen LogP contribution in [-0.4, -0.2) is 48.1 Å². The molecule has 2 unspecified atom stereocenters. The molecule has 2 fully saturated rings. The number of amides is 1. The van der Waals surface area contributed by atoms with Gasteiger partial charge in [0.25, 0.3) is 5.91 Å². The quantitative estimate of drug-likeness (QED) is 0.884. The van der Waals surface area contributed by atoms with Crippen molar-refractivity contribution in [3.8, 4) is 0 Å². The van der Waals surface area contributed by atoms with Crippen LogP contribution in [0.1, 0.15) is 30.3 Å². The highest BCUT2D eigenvalue weighted by molar-refractivity contribution is 7.09. The first kappa shape index (κ1) is 13.0. The molecule has 0 bridgehead atoms. The van der Waals surface area contributed by atoms with Crippen molar-refractivity contribution in [2.75, 3.05) is 26.2 Å². The number of thiazole rings is 1. The molecule has 2 aliphatic heterocycles. The molecule has 1 amide bonds. The number of likely N-dealkylation sites (tertiary alicyclic amines) is 1. The fourth-order valence-corrected chi connectivity index (χ4v) is 3.55. The Morgan fingerprint density at radius 2 is 2.47 bits per heavy atom. The maximum absolute atomic E-state index is 12.6. The summed E-state index contributed by atoms with van der Waals surface area (Å²) in [5, 5.41) is 6.25. The van der Waals surface area contributed by atoms with E-state index in [2.05, 4.69) is 10.3 Å². The Balaban J connectivity index is 1.74. The van der Waals surface area contributed by atoms with Gasteiger partial charge < -0.3 is 15.0 Å². The Hall–Kier alpha value is -0.980. The van der Waals surface area contributed by atoms with Gasteiger partial charge in [-0.1, -0.05) is 0 Å². The highest BCUT2D eigenvalue weighted by Crippen LogP contribution is 2.32. The lowest BCUT2D eigenvalue weighted by Crippen LogP contribution is -2.51. The fourth-order valence-electron chi connectivity index (χ4n) is 2.76. The van der Waals surface area contributed by atoms with Crippen molar-refractivity contribution in [2.24, 2.45) is 0 Å². The summed E-state index contributed by atoms with van der Waals surface area (Å²) >= 11 is 1.64. The first-order valence-electron chi connectivity index (χ1n) is 6.88. The van der Waals surface area contributed by atoms with Crippen molar-refractivity contribution >= 4 is 17.2 Å². The predicted molar refractivity (Wildman–Crippen MR) is 73.0 cm³/mol. The monoisotopic (exact) mass is 281 g/mol. The van der Waals surface area contributed by atoms with Gasteiger partial charge in [-0.25, -0.2) is 4.98 Å².